The first-order valence-corrected chi connectivity index (χ1v) is 11.9. The van der Waals surface area contributed by atoms with Crippen molar-refractivity contribution in [2.45, 2.75) is 43.8 Å². The van der Waals surface area contributed by atoms with Crippen LogP contribution < -0.4 is 4.74 Å². The summed E-state index contributed by atoms with van der Waals surface area (Å²) in [6.45, 7) is 2.38. The Labute approximate surface area is 167 Å². The van der Waals surface area contributed by atoms with Gasteiger partial charge in [0.1, 0.15) is 5.75 Å². The molecule has 1 amide bonds. The molecule has 0 bridgehead atoms. The Morgan fingerprint density at radius 1 is 1.18 bits per heavy atom. The van der Waals surface area contributed by atoms with Crippen molar-refractivity contribution in [3.8, 4) is 5.75 Å². The van der Waals surface area contributed by atoms with Crippen molar-refractivity contribution in [1.29, 1.82) is 0 Å². The van der Waals surface area contributed by atoms with Crippen molar-refractivity contribution in [3.05, 3.63) is 29.8 Å². The van der Waals surface area contributed by atoms with E-state index in [0.717, 1.165) is 37.0 Å². The van der Waals surface area contributed by atoms with E-state index in [4.69, 9.17) is 4.74 Å². The van der Waals surface area contributed by atoms with Crippen molar-refractivity contribution in [2.24, 2.45) is 11.8 Å². The molecule has 28 heavy (non-hydrogen) atoms. The Morgan fingerprint density at radius 2 is 1.96 bits per heavy atom. The van der Waals surface area contributed by atoms with Crippen molar-refractivity contribution in [2.75, 3.05) is 33.3 Å². The van der Waals surface area contributed by atoms with Crippen molar-refractivity contribution in [3.63, 3.8) is 0 Å². The van der Waals surface area contributed by atoms with Crippen LogP contribution in [0, 0.1) is 11.8 Å². The lowest BCUT2D eigenvalue weighted by Crippen LogP contribution is -2.40. The second kappa shape index (κ2) is 8.03. The minimum atomic E-state index is -3.29. The predicted octanol–water partition coefficient (Wildman–Crippen LogP) is 2.29. The number of sulfonamides is 1. The number of fused-ring (bicyclic) bond motifs is 1. The number of nitrogens with zero attached hydrogens (tertiary/aromatic N) is 2. The topological polar surface area (TPSA) is 66.9 Å². The molecule has 2 aliphatic heterocycles. The Balaban J connectivity index is 1.38. The summed E-state index contributed by atoms with van der Waals surface area (Å²) in [5, 5.41) is -0.336. The molecule has 7 heteroatoms. The summed E-state index contributed by atoms with van der Waals surface area (Å²) in [6.07, 6.45) is 5.19. The summed E-state index contributed by atoms with van der Waals surface area (Å²) in [5.41, 5.74) is 1.08. The van der Waals surface area contributed by atoms with Gasteiger partial charge in [0.2, 0.25) is 15.9 Å². The van der Waals surface area contributed by atoms with Crippen molar-refractivity contribution in [1.82, 2.24) is 9.21 Å². The molecule has 3 fully saturated rings. The highest BCUT2D eigenvalue weighted by atomic mass is 32.2. The standard InChI is InChI=1S/C21H30N2O4S/c1-27-19-7-2-4-16(14-19)8-13-23-15-18-9-11-22(21(24)17-5-3-6-17)12-10-20(18)28(23,25)26/h2,4,7,14,17-18,20H,3,5-6,8-13,15H2,1H3/t18-,20-/m1/s1. The van der Waals surface area contributed by atoms with Crippen LogP contribution in [0.1, 0.15) is 37.7 Å². The fourth-order valence-corrected chi connectivity index (χ4v) is 6.97. The minimum Gasteiger partial charge on any atom is -0.497 e. The average Bonchev–Trinajstić information content (AvgIpc) is 2.78. The summed E-state index contributed by atoms with van der Waals surface area (Å²) in [7, 11) is -1.66. The van der Waals surface area contributed by atoms with Crippen LogP contribution in [0.2, 0.25) is 0 Å². The summed E-state index contributed by atoms with van der Waals surface area (Å²) in [4.78, 5) is 14.5. The molecule has 0 N–H and O–H groups in total. The van der Waals surface area contributed by atoms with Crippen LogP contribution in [-0.4, -0.2) is 62.1 Å². The molecular formula is C21H30N2O4S. The zero-order chi connectivity index (χ0) is 19.7. The molecule has 1 aromatic rings. The fourth-order valence-electron chi connectivity index (χ4n) is 4.73. The lowest BCUT2D eigenvalue weighted by atomic mass is 9.84. The van der Waals surface area contributed by atoms with Gasteiger partial charge in [-0.3, -0.25) is 4.79 Å². The third-order valence-electron chi connectivity index (χ3n) is 6.71. The molecule has 2 heterocycles. The number of carbonyl (C=O) groups excluding carboxylic acids is 1. The third-order valence-corrected chi connectivity index (χ3v) is 9.15. The summed E-state index contributed by atoms with van der Waals surface area (Å²) in [5.74, 6) is 1.37. The molecule has 154 valence electrons. The van der Waals surface area contributed by atoms with Gasteiger partial charge < -0.3 is 9.64 Å². The van der Waals surface area contributed by atoms with Crippen LogP contribution in [0.15, 0.2) is 24.3 Å². The SMILES string of the molecule is COc1cccc(CCN2C[C@H]3CCN(C(=O)C4CCC4)CC[C@H]3S2(=O)=O)c1. The first-order valence-electron chi connectivity index (χ1n) is 10.4. The normalized spacial score (nSPS) is 27.7. The predicted molar refractivity (Wildman–Crippen MR) is 108 cm³/mol. The molecule has 6 nitrogen and oxygen atoms in total. The minimum absolute atomic E-state index is 0.134. The van der Waals surface area contributed by atoms with Gasteiger partial charge in [-0.15, -0.1) is 0 Å². The van der Waals surface area contributed by atoms with Crippen LogP contribution in [0.25, 0.3) is 0 Å². The van der Waals surface area contributed by atoms with Crippen LogP contribution in [-0.2, 0) is 21.2 Å². The number of rotatable bonds is 5. The monoisotopic (exact) mass is 406 g/mol. The highest BCUT2D eigenvalue weighted by Crippen LogP contribution is 2.36. The number of benzene rings is 1. The molecular weight excluding hydrogens is 376 g/mol. The van der Waals surface area contributed by atoms with E-state index in [1.807, 2.05) is 29.2 Å². The molecule has 0 aromatic heterocycles. The fraction of sp³-hybridized carbons (Fsp3) is 0.667. The highest BCUT2D eigenvalue weighted by Gasteiger charge is 2.47. The maximum atomic E-state index is 13.1. The van der Waals surface area contributed by atoms with Gasteiger partial charge in [0.05, 0.1) is 12.4 Å². The Kier molecular flexibility index (Phi) is 5.65. The maximum Gasteiger partial charge on any atom is 0.225 e. The van der Waals surface area contributed by atoms with Crippen LogP contribution in [0.3, 0.4) is 0 Å². The summed E-state index contributed by atoms with van der Waals surface area (Å²) < 4.78 is 33.1. The van der Waals surface area contributed by atoms with E-state index < -0.39 is 10.0 Å². The third kappa shape index (κ3) is 3.79. The second-order valence-electron chi connectivity index (χ2n) is 8.33. The van der Waals surface area contributed by atoms with E-state index >= 15 is 0 Å². The van der Waals surface area contributed by atoms with Gasteiger partial charge >= 0.3 is 0 Å². The zero-order valence-corrected chi connectivity index (χ0v) is 17.4. The lowest BCUT2D eigenvalue weighted by Gasteiger charge is -2.31. The maximum absolute atomic E-state index is 13.1. The van der Waals surface area contributed by atoms with E-state index in [1.165, 1.54) is 0 Å². The van der Waals surface area contributed by atoms with E-state index in [0.29, 0.717) is 39.0 Å². The smallest absolute Gasteiger partial charge is 0.225 e. The largest absolute Gasteiger partial charge is 0.497 e. The number of ether oxygens (including phenoxy) is 1. The number of methoxy groups -OCH3 is 1. The number of hydrogen-bond donors (Lipinski definition) is 0. The van der Waals surface area contributed by atoms with Gasteiger partial charge in [-0.1, -0.05) is 18.6 Å². The second-order valence-corrected chi connectivity index (χ2v) is 10.5. The molecule has 4 rings (SSSR count). The zero-order valence-electron chi connectivity index (χ0n) is 16.5. The first-order chi connectivity index (χ1) is 13.5. The van der Waals surface area contributed by atoms with Gasteiger partial charge in [-0.05, 0) is 55.7 Å². The molecule has 0 spiro atoms. The Bertz CT molecular complexity index is 821. The first kappa shape index (κ1) is 19.7. The molecule has 0 radical (unpaired) electrons. The number of likely N-dealkylation sites (tertiary alicyclic amines) is 1. The van der Waals surface area contributed by atoms with Crippen LogP contribution >= 0.6 is 0 Å². The van der Waals surface area contributed by atoms with Gasteiger partial charge in [-0.25, -0.2) is 12.7 Å². The van der Waals surface area contributed by atoms with Crippen LogP contribution in [0.5, 0.6) is 5.75 Å². The lowest BCUT2D eigenvalue weighted by molar-refractivity contribution is -0.138. The molecule has 2 saturated heterocycles. The molecule has 1 saturated carbocycles. The van der Waals surface area contributed by atoms with E-state index in [-0.39, 0.29) is 23.0 Å². The van der Waals surface area contributed by atoms with Gasteiger partial charge in [0, 0.05) is 32.1 Å². The average molecular weight is 407 g/mol. The van der Waals surface area contributed by atoms with Gasteiger partial charge in [0.25, 0.3) is 0 Å². The molecule has 0 unspecified atom stereocenters. The summed E-state index contributed by atoms with van der Waals surface area (Å²) >= 11 is 0. The Hall–Kier alpha value is -1.60. The number of carbonyl (C=O) groups is 1. The quantitative estimate of drug-likeness (QED) is 0.753. The Morgan fingerprint density at radius 3 is 2.68 bits per heavy atom. The van der Waals surface area contributed by atoms with E-state index in [2.05, 4.69) is 0 Å². The molecule has 1 aliphatic carbocycles. The van der Waals surface area contributed by atoms with Crippen molar-refractivity contribution >= 4 is 15.9 Å². The van der Waals surface area contributed by atoms with Gasteiger partial charge in [0.15, 0.2) is 0 Å². The molecule has 1 aromatic carbocycles. The van der Waals surface area contributed by atoms with E-state index in [9.17, 15) is 13.2 Å². The van der Waals surface area contributed by atoms with Crippen molar-refractivity contribution < 1.29 is 17.9 Å². The van der Waals surface area contributed by atoms with E-state index in [1.54, 1.807) is 11.4 Å². The van der Waals surface area contributed by atoms with Crippen LogP contribution in [0.4, 0.5) is 0 Å². The van der Waals surface area contributed by atoms with Gasteiger partial charge in [-0.2, -0.15) is 0 Å². The summed E-state index contributed by atoms with van der Waals surface area (Å²) in [6, 6.07) is 7.80. The number of hydrogen-bond acceptors (Lipinski definition) is 4. The number of amides is 1. The molecule has 3 aliphatic rings. The highest BCUT2D eigenvalue weighted by molar-refractivity contribution is 7.90. The molecule has 2 atom stereocenters.